The van der Waals surface area contributed by atoms with Crippen LogP contribution in [-0.4, -0.2) is 27.1 Å². The Morgan fingerprint density at radius 1 is 1.15 bits per heavy atom. The standard InChI is InChI=1S/C19H13ClN4OS2/c1-26-19-21-10-13(20)16(24-19)17(25)22-12-6-4-5-11(9-12)18-23-14-7-2-3-8-15(14)27-18/h2-10H,1H3,(H,22,25). The molecule has 0 fully saturated rings. The van der Waals surface area contributed by atoms with E-state index < -0.39 is 0 Å². The van der Waals surface area contributed by atoms with Crippen LogP contribution < -0.4 is 5.32 Å². The van der Waals surface area contributed by atoms with Crippen molar-refractivity contribution in [2.45, 2.75) is 5.16 Å². The maximum absolute atomic E-state index is 12.6. The van der Waals surface area contributed by atoms with Crippen molar-refractivity contribution in [2.24, 2.45) is 0 Å². The zero-order chi connectivity index (χ0) is 18.8. The first-order valence-corrected chi connectivity index (χ1v) is 10.4. The second-order valence-corrected chi connectivity index (χ2v) is 7.79. The Kier molecular flexibility index (Phi) is 5.07. The van der Waals surface area contributed by atoms with Crippen LogP contribution in [0.1, 0.15) is 10.5 Å². The number of halogens is 1. The van der Waals surface area contributed by atoms with Gasteiger partial charge in [-0.1, -0.05) is 47.6 Å². The number of thiazole rings is 1. The fourth-order valence-electron chi connectivity index (χ4n) is 2.52. The van der Waals surface area contributed by atoms with Gasteiger partial charge in [0.2, 0.25) is 0 Å². The van der Waals surface area contributed by atoms with E-state index in [1.807, 2.05) is 54.8 Å². The fraction of sp³-hybridized carbons (Fsp3) is 0.0526. The third kappa shape index (κ3) is 3.80. The minimum absolute atomic E-state index is 0.154. The van der Waals surface area contributed by atoms with Crippen molar-refractivity contribution < 1.29 is 4.79 Å². The number of rotatable bonds is 4. The van der Waals surface area contributed by atoms with E-state index >= 15 is 0 Å². The number of para-hydroxylation sites is 1. The molecule has 2 aromatic carbocycles. The Bertz CT molecular complexity index is 1110. The highest BCUT2D eigenvalue weighted by molar-refractivity contribution is 7.98. The summed E-state index contributed by atoms with van der Waals surface area (Å²) >= 11 is 9.05. The molecule has 0 unspecified atom stereocenters. The molecular weight excluding hydrogens is 400 g/mol. The third-order valence-electron chi connectivity index (χ3n) is 3.78. The Balaban J connectivity index is 1.62. The molecule has 4 aromatic rings. The SMILES string of the molecule is CSc1ncc(Cl)c(C(=O)Nc2cccc(-c3nc4ccccc4s3)c2)n1. The predicted octanol–water partition coefficient (Wildman–Crippen LogP) is 5.38. The van der Waals surface area contributed by atoms with Crippen LogP contribution in [0, 0.1) is 0 Å². The molecule has 1 N–H and O–H groups in total. The van der Waals surface area contributed by atoms with E-state index in [2.05, 4.69) is 20.3 Å². The molecule has 0 saturated carbocycles. The molecule has 0 aliphatic heterocycles. The van der Waals surface area contributed by atoms with Gasteiger partial charge >= 0.3 is 0 Å². The van der Waals surface area contributed by atoms with E-state index in [9.17, 15) is 4.79 Å². The number of nitrogens with zero attached hydrogens (tertiary/aromatic N) is 3. The molecule has 2 aromatic heterocycles. The Labute approximate surface area is 168 Å². The smallest absolute Gasteiger partial charge is 0.275 e. The number of hydrogen-bond acceptors (Lipinski definition) is 6. The highest BCUT2D eigenvalue weighted by Gasteiger charge is 2.15. The van der Waals surface area contributed by atoms with E-state index in [4.69, 9.17) is 11.6 Å². The van der Waals surface area contributed by atoms with Gasteiger partial charge in [0.05, 0.1) is 21.4 Å². The molecular formula is C19H13ClN4OS2. The number of fused-ring (bicyclic) bond motifs is 1. The maximum atomic E-state index is 12.6. The van der Waals surface area contributed by atoms with Crippen LogP contribution in [0.25, 0.3) is 20.8 Å². The van der Waals surface area contributed by atoms with Crippen molar-refractivity contribution in [2.75, 3.05) is 11.6 Å². The molecule has 2 heterocycles. The number of carbonyl (C=O) groups is 1. The Morgan fingerprint density at radius 3 is 2.81 bits per heavy atom. The lowest BCUT2D eigenvalue weighted by atomic mass is 10.2. The van der Waals surface area contributed by atoms with Crippen LogP contribution in [-0.2, 0) is 0 Å². The molecule has 4 rings (SSSR count). The zero-order valence-corrected chi connectivity index (χ0v) is 16.5. The quantitative estimate of drug-likeness (QED) is 0.360. The second kappa shape index (κ2) is 7.64. The van der Waals surface area contributed by atoms with Gasteiger partial charge in [-0.25, -0.2) is 15.0 Å². The number of hydrogen-bond donors (Lipinski definition) is 1. The lowest BCUT2D eigenvalue weighted by Crippen LogP contribution is -2.15. The van der Waals surface area contributed by atoms with E-state index in [1.54, 1.807) is 11.3 Å². The molecule has 0 atom stereocenters. The van der Waals surface area contributed by atoms with Crippen LogP contribution in [0.15, 0.2) is 59.9 Å². The van der Waals surface area contributed by atoms with Gasteiger partial charge in [0.25, 0.3) is 5.91 Å². The summed E-state index contributed by atoms with van der Waals surface area (Å²) in [6.07, 6.45) is 3.28. The Hall–Kier alpha value is -2.48. The van der Waals surface area contributed by atoms with Crippen molar-refractivity contribution in [3.8, 4) is 10.6 Å². The number of aromatic nitrogens is 3. The monoisotopic (exact) mass is 412 g/mol. The lowest BCUT2D eigenvalue weighted by Gasteiger charge is -2.08. The highest BCUT2D eigenvalue weighted by Crippen LogP contribution is 2.31. The summed E-state index contributed by atoms with van der Waals surface area (Å²) < 4.78 is 1.12. The lowest BCUT2D eigenvalue weighted by molar-refractivity contribution is 0.102. The topological polar surface area (TPSA) is 67.8 Å². The summed E-state index contributed by atoms with van der Waals surface area (Å²) in [7, 11) is 0. The minimum atomic E-state index is -0.376. The molecule has 0 aliphatic rings. The van der Waals surface area contributed by atoms with Gasteiger partial charge < -0.3 is 5.32 Å². The molecule has 27 heavy (non-hydrogen) atoms. The summed E-state index contributed by atoms with van der Waals surface area (Å²) in [5.41, 5.74) is 2.70. The number of carbonyl (C=O) groups excluding carboxylic acids is 1. The van der Waals surface area contributed by atoms with Gasteiger partial charge in [0.15, 0.2) is 10.9 Å². The fourth-order valence-corrected chi connectivity index (χ4v) is 4.00. The van der Waals surface area contributed by atoms with Crippen molar-refractivity contribution >= 4 is 56.5 Å². The summed E-state index contributed by atoms with van der Waals surface area (Å²) in [5.74, 6) is -0.376. The largest absolute Gasteiger partial charge is 0.321 e. The summed E-state index contributed by atoms with van der Waals surface area (Å²) in [6, 6.07) is 15.6. The third-order valence-corrected chi connectivity index (χ3v) is 5.70. The van der Waals surface area contributed by atoms with Crippen LogP contribution >= 0.6 is 34.7 Å². The van der Waals surface area contributed by atoms with E-state index in [0.717, 1.165) is 20.8 Å². The number of nitrogens with one attached hydrogen (secondary N) is 1. The maximum Gasteiger partial charge on any atom is 0.275 e. The van der Waals surface area contributed by atoms with Gasteiger partial charge in [-0.2, -0.15) is 0 Å². The summed E-state index contributed by atoms with van der Waals surface area (Å²) in [5, 5.41) is 4.46. The molecule has 1 amide bonds. The predicted molar refractivity (Wildman–Crippen MR) is 112 cm³/mol. The van der Waals surface area contributed by atoms with Gasteiger partial charge in [-0.15, -0.1) is 11.3 Å². The van der Waals surface area contributed by atoms with Gasteiger partial charge in [0, 0.05) is 11.3 Å². The van der Waals surface area contributed by atoms with Gasteiger partial charge in [-0.3, -0.25) is 4.79 Å². The molecule has 8 heteroatoms. The average Bonchev–Trinajstić information content (AvgIpc) is 3.13. The number of benzene rings is 2. The van der Waals surface area contributed by atoms with Crippen LogP contribution in [0.2, 0.25) is 5.02 Å². The molecule has 0 radical (unpaired) electrons. The molecule has 0 saturated heterocycles. The number of amides is 1. The summed E-state index contributed by atoms with van der Waals surface area (Å²) in [6.45, 7) is 0. The van der Waals surface area contributed by atoms with E-state index in [-0.39, 0.29) is 16.6 Å². The second-order valence-electron chi connectivity index (χ2n) is 5.57. The first-order chi connectivity index (χ1) is 13.1. The van der Waals surface area contributed by atoms with Crippen LogP contribution in [0.5, 0.6) is 0 Å². The van der Waals surface area contributed by atoms with Crippen molar-refractivity contribution in [3.63, 3.8) is 0 Å². The highest BCUT2D eigenvalue weighted by atomic mass is 35.5. The zero-order valence-electron chi connectivity index (χ0n) is 14.1. The first-order valence-electron chi connectivity index (χ1n) is 7.98. The van der Waals surface area contributed by atoms with E-state index in [1.165, 1.54) is 18.0 Å². The van der Waals surface area contributed by atoms with Crippen molar-refractivity contribution in [3.05, 3.63) is 65.4 Å². The van der Waals surface area contributed by atoms with Gasteiger partial charge in [-0.05, 0) is 30.5 Å². The molecule has 0 bridgehead atoms. The normalized spacial score (nSPS) is 10.9. The summed E-state index contributed by atoms with van der Waals surface area (Å²) in [4.78, 5) is 25.5. The Morgan fingerprint density at radius 2 is 2.00 bits per heavy atom. The van der Waals surface area contributed by atoms with Crippen LogP contribution in [0.3, 0.4) is 0 Å². The van der Waals surface area contributed by atoms with E-state index in [0.29, 0.717) is 10.8 Å². The van der Waals surface area contributed by atoms with Crippen molar-refractivity contribution in [1.29, 1.82) is 0 Å². The van der Waals surface area contributed by atoms with Crippen LogP contribution in [0.4, 0.5) is 5.69 Å². The average molecular weight is 413 g/mol. The molecule has 134 valence electrons. The van der Waals surface area contributed by atoms with Crippen molar-refractivity contribution in [1.82, 2.24) is 15.0 Å². The minimum Gasteiger partial charge on any atom is -0.321 e. The van der Waals surface area contributed by atoms with Gasteiger partial charge in [0.1, 0.15) is 5.01 Å². The molecule has 0 spiro atoms. The molecule has 5 nitrogen and oxygen atoms in total. The molecule has 0 aliphatic carbocycles. The number of anilines is 1. The first kappa shape index (κ1) is 17.9. The number of thioether (sulfide) groups is 1.